The average molecular weight is 432 g/mol. The number of carbonyl (C=O) groups is 3. The van der Waals surface area contributed by atoms with E-state index in [-0.39, 0.29) is 24.8 Å². The summed E-state index contributed by atoms with van der Waals surface area (Å²) in [6, 6.07) is 5.20. The molecule has 7 nitrogen and oxygen atoms in total. The van der Waals surface area contributed by atoms with E-state index in [2.05, 4.69) is 0 Å². The summed E-state index contributed by atoms with van der Waals surface area (Å²) in [5.41, 5.74) is 2.15. The summed E-state index contributed by atoms with van der Waals surface area (Å²) in [5.74, 6) is -1.60. The standard InChI is InChI=1S/C23H29FN2O5/c1-6-31-23(29)21-15(2)20(16(3)25(21)4)19(27)14-26(12-7-13-30-5)22(28)17-8-10-18(24)11-9-17/h8-11H,6-7,12-14H2,1-5H3. The molecule has 1 heterocycles. The zero-order valence-electron chi connectivity index (χ0n) is 18.7. The van der Waals surface area contributed by atoms with Crippen LogP contribution in [0, 0.1) is 19.7 Å². The van der Waals surface area contributed by atoms with Crippen molar-refractivity contribution < 1.29 is 28.2 Å². The molecule has 2 aromatic rings. The van der Waals surface area contributed by atoms with Gasteiger partial charge in [0.1, 0.15) is 11.5 Å². The maximum atomic E-state index is 13.2. The van der Waals surface area contributed by atoms with E-state index in [0.29, 0.717) is 47.7 Å². The molecule has 168 valence electrons. The number of Topliss-reactive ketones (excluding diaryl/α,β-unsaturated/α-hetero) is 1. The zero-order valence-corrected chi connectivity index (χ0v) is 18.7. The Morgan fingerprint density at radius 3 is 2.35 bits per heavy atom. The van der Waals surface area contributed by atoms with Crippen LogP contribution in [0.3, 0.4) is 0 Å². The molecule has 0 aliphatic heterocycles. The number of ether oxygens (including phenoxy) is 2. The molecular weight excluding hydrogens is 403 g/mol. The number of hydrogen-bond acceptors (Lipinski definition) is 5. The smallest absolute Gasteiger partial charge is 0.355 e. The Balaban J connectivity index is 2.33. The highest BCUT2D eigenvalue weighted by Gasteiger charge is 2.28. The first-order valence-corrected chi connectivity index (χ1v) is 10.1. The zero-order chi connectivity index (χ0) is 23.1. The number of nitrogens with zero attached hydrogens (tertiary/aromatic N) is 2. The highest BCUT2D eigenvalue weighted by atomic mass is 19.1. The van der Waals surface area contributed by atoms with Crippen molar-refractivity contribution in [1.82, 2.24) is 9.47 Å². The molecule has 0 radical (unpaired) electrons. The van der Waals surface area contributed by atoms with Crippen molar-refractivity contribution in [3.63, 3.8) is 0 Å². The summed E-state index contributed by atoms with van der Waals surface area (Å²) in [7, 11) is 3.26. The monoisotopic (exact) mass is 432 g/mol. The van der Waals surface area contributed by atoms with Crippen LogP contribution in [-0.4, -0.2) is 60.5 Å². The molecule has 0 aliphatic carbocycles. The number of hydrogen-bond donors (Lipinski definition) is 0. The molecular formula is C23H29FN2O5. The molecule has 0 N–H and O–H groups in total. The minimum Gasteiger partial charge on any atom is -0.461 e. The van der Waals surface area contributed by atoms with Gasteiger partial charge in [-0.2, -0.15) is 0 Å². The molecule has 2 rings (SSSR count). The van der Waals surface area contributed by atoms with Crippen molar-refractivity contribution in [2.24, 2.45) is 7.05 Å². The molecule has 0 saturated carbocycles. The van der Waals surface area contributed by atoms with Gasteiger partial charge in [-0.15, -0.1) is 0 Å². The van der Waals surface area contributed by atoms with Crippen LogP contribution in [-0.2, 0) is 16.5 Å². The van der Waals surface area contributed by atoms with Crippen LogP contribution in [0.1, 0.15) is 55.8 Å². The van der Waals surface area contributed by atoms with Gasteiger partial charge in [0.15, 0.2) is 5.78 Å². The lowest BCUT2D eigenvalue weighted by molar-refractivity contribution is 0.0513. The van der Waals surface area contributed by atoms with E-state index in [1.165, 1.54) is 29.2 Å². The Hall–Kier alpha value is -3.00. The van der Waals surface area contributed by atoms with Gasteiger partial charge in [0.05, 0.1) is 13.2 Å². The SMILES string of the molecule is CCOC(=O)c1c(C)c(C(=O)CN(CCCOC)C(=O)c2ccc(F)cc2)c(C)n1C. The minimum absolute atomic E-state index is 0.173. The lowest BCUT2D eigenvalue weighted by atomic mass is 10.0. The number of ketones is 1. The van der Waals surface area contributed by atoms with Crippen molar-refractivity contribution >= 4 is 17.7 Å². The predicted octanol–water partition coefficient (Wildman–Crippen LogP) is 3.32. The summed E-state index contributed by atoms with van der Waals surface area (Å²) in [6.45, 7) is 5.94. The number of carbonyl (C=O) groups excluding carboxylic acids is 3. The molecule has 0 bridgehead atoms. The molecule has 1 aromatic carbocycles. The van der Waals surface area contributed by atoms with Crippen LogP contribution in [0.4, 0.5) is 4.39 Å². The maximum Gasteiger partial charge on any atom is 0.355 e. The Labute approximate surface area is 181 Å². The number of benzene rings is 1. The van der Waals surface area contributed by atoms with Crippen LogP contribution >= 0.6 is 0 Å². The third-order valence-corrected chi connectivity index (χ3v) is 5.17. The second-order valence-corrected chi connectivity index (χ2v) is 7.22. The number of amides is 1. The van der Waals surface area contributed by atoms with Crippen LogP contribution in [0.5, 0.6) is 0 Å². The molecule has 1 aromatic heterocycles. The third kappa shape index (κ3) is 5.58. The topological polar surface area (TPSA) is 77.8 Å². The molecule has 0 fully saturated rings. The summed E-state index contributed by atoms with van der Waals surface area (Å²) in [4.78, 5) is 39.9. The van der Waals surface area contributed by atoms with Crippen LogP contribution in [0.25, 0.3) is 0 Å². The molecule has 0 spiro atoms. The summed E-state index contributed by atoms with van der Waals surface area (Å²) >= 11 is 0. The van der Waals surface area contributed by atoms with E-state index in [9.17, 15) is 18.8 Å². The van der Waals surface area contributed by atoms with Gasteiger partial charge in [-0.05, 0) is 57.0 Å². The van der Waals surface area contributed by atoms with E-state index in [1.54, 1.807) is 39.5 Å². The molecule has 0 aliphatic rings. The first-order valence-electron chi connectivity index (χ1n) is 10.1. The third-order valence-electron chi connectivity index (χ3n) is 5.17. The Morgan fingerprint density at radius 2 is 1.77 bits per heavy atom. The minimum atomic E-state index is -0.496. The molecule has 0 saturated heterocycles. The van der Waals surface area contributed by atoms with E-state index < -0.39 is 11.8 Å². The number of halogens is 1. The second kappa shape index (κ2) is 10.9. The summed E-state index contributed by atoms with van der Waals surface area (Å²) in [6.07, 6.45) is 0.539. The molecule has 1 amide bonds. The van der Waals surface area contributed by atoms with E-state index >= 15 is 0 Å². The van der Waals surface area contributed by atoms with Gasteiger partial charge in [0, 0.05) is 44.1 Å². The first-order chi connectivity index (χ1) is 14.7. The first kappa shape index (κ1) is 24.3. The van der Waals surface area contributed by atoms with E-state index in [1.807, 2.05) is 0 Å². The van der Waals surface area contributed by atoms with Gasteiger partial charge >= 0.3 is 5.97 Å². The van der Waals surface area contributed by atoms with Gasteiger partial charge in [0.2, 0.25) is 0 Å². The fourth-order valence-corrected chi connectivity index (χ4v) is 3.56. The van der Waals surface area contributed by atoms with Crippen molar-refractivity contribution in [3.05, 3.63) is 58.2 Å². The normalized spacial score (nSPS) is 10.8. The summed E-state index contributed by atoms with van der Waals surface area (Å²) in [5, 5.41) is 0. The number of esters is 1. The molecule has 8 heteroatoms. The van der Waals surface area contributed by atoms with Gasteiger partial charge in [-0.1, -0.05) is 0 Å². The summed E-state index contributed by atoms with van der Waals surface area (Å²) < 4.78 is 25.1. The Bertz CT molecular complexity index is 950. The van der Waals surface area contributed by atoms with E-state index in [0.717, 1.165) is 0 Å². The number of methoxy groups -OCH3 is 1. The lowest BCUT2D eigenvalue weighted by Crippen LogP contribution is -2.37. The van der Waals surface area contributed by atoms with Crippen LogP contribution < -0.4 is 0 Å². The molecule has 0 atom stereocenters. The van der Waals surface area contributed by atoms with E-state index in [4.69, 9.17) is 9.47 Å². The highest BCUT2D eigenvalue weighted by Crippen LogP contribution is 2.23. The lowest BCUT2D eigenvalue weighted by Gasteiger charge is -2.22. The van der Waals surface area contributed by atoms with Crippen LogP contribution in [0.2, 0.25) is 0 Å². The van der Waals surface area contributed by atoms with Crippen molar-refractivity contribution in [3.8, 4) is 0 Å². The fourth-order valence-electron chi connectivity index (χ4n) is 3.56. The predicted molar refractivity (Wildman–Crippen MR) is 114 cm³/mol. The number of aromatic nitrogens is 1. The van der Waals surface area contributed by atoms with Gasteiger partial charge < -0.3 is 18.9 Å². The van der Waals surface area contributed by atoms with Gasteiger partial charge in [-0.25, -0.2) is 9.18 Å². The maximum absolute atomic E-state index is 13.2. The Morgan fingerprint density at radius 1 is 1.13 bits per heavy atom. The quantitative estimate of drug-likeness (QED) is 0.327. The van der Waals surface area contributed by atoms with Crippen LogP contribution in [0.15, 0.2) is 24.3 Å². The average Bonchev–Trinajstić information content (AvgIpc) is 2.96. The molecule has 31 heavy (non-hydrogen) atoms. The highest BCUT2D eigenvalue weighted by molar-refractivity contribution is 6.06. The second-order valence-electron chi connectivity index (χ2n) is 7.22. The molecule has 0 unspecified atom stereocenters. The van der Waals surface area contributed by atoms with Crippen molar-refractivity contribution in [2.45, 2.75) is 27.2 Å². The Kier molecular flexibility index (Phi) is 8.50. The van der Waals surface area contributed by atoms with Crippen molar-refractivity contribution in [2.75, 3.05) is 33.4 Å². The largest absolute Gasteiger partial charge is 0.461 e. The fraction of sp³-hybridized carbons (Fsp3) is 0.435. The van der Waals surface area contributed by atoms with Gasteiger partial charge in [0.25, 0.3) is 5.91 Å². The van der Waals surface area contributed by atoms with Crippen molar-refractivity contribution in [1.29, 1.82) is 0 Å². The number of rotatable bonds is 10. The van der Waals surface area contributed by atoms with Gasteiger partial charge in [-0.3, -0.25) is 9.59 Å².